The van der Waals surface area contributed by atoms with Crippen molar-refractivity contribution in [1.82, 2.24) is 0 Å². The standard InChI is InChI=1S/C33H50/c1-29-9-22-5-23(10-29)15-32(14-22,18-29)28-26-8-24-13-31(28,3)19-33(16-24,17-26)27-25-6-20-4-21(7-25)12-30(27,2)11-20/h20-28H,4-19H2,1-3H3. The Hall–Kier alpha value is 0. The Kier molecular flexibility index (Phi) is 3.52. The highest BCUT2D eigenvalue weighted by Gasteiger charge is 2.72. The fourth-order valence-corrected chi connectivity index (χ4v) is 17.1. The van der Waals surface area contributed by atoms with Gasteiger partial charge in [-0.15, -0.1) is 0 Å². The normalized spacial score (nSPS) is 70.5. The Morgan fingerprint density at radius 1 is 0.424 bits per heavy atom. The van der Waals surface area contributed by atoms with Crippen LogP contribution in [-0.4, -0.2) is 0 Å². The topological polar surface area (TPSA) is 0 Å². The fraction of sp³-hybridized carbons (Fsp3) is 1.00. The fourth-order valence-electron chi connectivity index (χ4n) is 17.1. The van der Waals surface area contributed by atoms with E-state index in [1.165, 1.54) is 0 Å². The van der Waals surface area contributed by atoms with Crippen LogP contribution in [0.1, 0.15) is 124 Å². The maximum atomic E-state index is 2.89. The second kappa shape index (κ2) is 5.77. The van der Waals surface area contributed by atoms with E-state index >= 15 is 0 Å². The molecule has 12 aliphatic rings. The largest absolute Gasteiger partial charge is 0.0596 e. The summed E-state index contributed by atoms with van der Waals surface area (Å²) < 4.78 is 0. The molecule has 10 unspecified atom stereocenters. The highest BCUT2D eigenvalue weighted by molar-refractivity contribution is 5.21. The molecular formula is C33H50. The number of hydrogen-bond acceptors (Lipinski definition) is 0. The van der Waals surface area contributed by atoms with Gasteiger partial charge in [0.25, 0.3) is 0 Å². The molecule has 12 bridgehead atoms. The maximum Gasteiger partial charge on any atom is -0.0251 e. The molecule has 10 atom stereocenters. The van der Waals surface area contributed by atoms with Crippen LogP contribution >= 0.6 is 0 Å². The Balaban J connectivity index is 1.11. The van der Waals surface area contributed by atoms with Crippen LogP contribution in [0.25, 0.3) is 0 Å². The molecule has 12 aliphatic carbocycles. The van der Waals surface area contributed by atoms with Crippen molar-refractivity contribution in [1.29, 1.82) is 0 Å². The summed E-state index contributed by atoms with van der Waals surface area (Å²) in [5.74, 6) is 9.99. The number of rotatable bonds is 2. The summed E-state index contributed by atoms with van der Waals surface area (Å²) in [5.41, 5.74) is 3.66. The lowest BCUT2D eigenvalue weighted by Crippen LogP contribution is -2.68. The van der Waals surface area contributed by atoms with E-state index in [-0.39, 0.29) is 0 Å². The van der Waals surface area contributed by atoms with Gasteiger partial charge in [0.2, 0.25) is 0 Å². The zero-order valence-electron chi connectivity index (χ0n) is 22.0. The first-order valence-electron chi connectivity index (χ1n) is 15.7. The van der Waals surface area contributed by atoms with E-state index in [0.29, 0.717) is 5.41 Å². The van der Waals surface area contributed by atoms with Gasteiger partial charge in [-0.05, 0) is 183 Å². The average molecular weight is 447 g/mol. The molecule has 0 aliphatic heterocycles. The first kappa shape index (κ1) is 20.1. The van der Waals surface area contributed by atoms with Crippen molar-refractivity contribution in [3.05, 3.63) is 0 Å². The third-order valence-electron chi connectivity index (χ3n) is 15.1. The van der Waals surface area contributed by atoms with Crippen molar-refractivity contribution in [3.63, 3.8) is 0 Å². The van der Waals surface area contributed by atoms with E-state index in [4.69, 9.17) is 0 Å². The molecule has 12 rings (SSSR count). The molecule has 182 valence electrons. The van der Waals surface area contributed by atoms with Crippen molar-refractivity contribution in [2.24, 2.45) is 80.3 Å². The van der Waals surface area contributed by atoms with Gasteiger partial charge in [-0.1, -0.05) is 20.8 Å². The Morgan fingerprint density at radius 2 is 0.939 bits per heavy atom. The molecule has 0 nitrogen and oxygen atoms in total. The van der Waals surface area contributed by atoms with E-state index in [9.17, 15) is 0 Å². The predicted octanol–water partition coefficient (Wildman–Crippen LogP) is 8.89. The summed E-state index contributed by atoms with van der Waals surface area (Å²) in [4.78, 5) is 0. The summed E-state index contributed by atoms with van der Waals surface area (Å²) in [6.45, 7) is 8.44. The van der Waals surface area contributed by atoms with Crippen LogP contribution in [-0.2, 0) is 0 Å². The SMILES string of the molecule is CC12CC3CC(C1)CC(C1C4CC5CC1(C)CC(C1C6CC7CC(C6)CC1(C)C7)(C5)C4)(C3)C2. The molecule has 0 N–H and O–H groups in total. The van der Waals surface area contributed by atoms with Crippen LogP contribution in [0.4, 0.5) is 0 Å². The van der Waals surface area contributed by atoms with Crippen LogP contribution < -0.4 is 0 Å². The Morgan fingerprint density at radius 3 is 1.55 bits per heavy atom. The van der Waals surface area contributed by atoms with Crippen LogP contribution in [0.2, 0.25) is 0 Å². The van der Waals surface area contributed by atoms with Gasteiger partial charge < -0.3 is 0 Å². The van der Waals surface area contributed by atoms with E-state index in [0.717, 1.165) is 74.9 Å². The monoisotopic (exact) mass is 446 g/mol. The summed E-state index contributed by atoms with van der Waals surface area (Å²) >= 11 is 0. The van der Waals surface area contributed by atoms with E-state index in [2.05, 4.69) is 20.8 Å². The maximum absolute atomic E-state index is 2.89. The molecule has 0 saturated heterocycles. The molecule has 0 amide bonds. The molecule has 33 heavy (non-hydrogen) atoms. The zero-order chi connectivity index (χ0) is 22.0. The van der Waals surface area contributed by atoms with Gasteiger partial charge in [0.15, 0.2) is 0 Å². The third-order valence-corrected chi connectivity index (χ3v) is 15.1. The molecule has 0 aromatic rings. The molecule has 0 spiro atoms. The summed E-state index contributed by atoms with van der Waals surface area (Å²) in [5, 5.41) is 0. The second-order valence-electron chi connectivity index (χ2n) is 18.0. The van der Waals surface area contributed by atoms with Crippen molar-refractivity contribution in [2.75, 3.05) is 0 Å². The lowest BCUT2D eigenvalue weighted by atomic mass is 9.28. The van der Waals surface area contributed by atoms with Crippen molar-refractivity contribution >= 4 is 0 Å². The van der Waals surface area contributed by atoms with Gasteiger partial charge in [0.1, 0.15) is 0 Å². The molecule has 0 aromatic heterocycles. The van der Waals surface area contributed by atoms with E-state index < -0.39 is 0 Å². The molecule has 12 fully saturated rings. The van der Waals surface area contributed by atoms with Crippen molar-refractivity contribution in [2.45, 2.75) is 124 Å². The average Bonchev–Trinajstić information content (AvgIpc) is 2.61. The molecule has 0 heterocycles. The zero-order valence-corrected chi connectivity index (χ0v) is 22.0. The minimum atomic E-state index is 0.692. The molecular weight excluding hydrogens is 396 g/mol. The minimum absolute atomic E-state index is 0.692. The molecule has 12 saturated carbocycles. The van der Waals surface area contributed by atoms with Crippen LogP contribution in [0, 0.1) is 80.3 Å². The lowest BCUT2D eigenvalue weighted by Gasteiger charge is -2.76. The minimum Gasteiger partial charge on any atom is -0.0596 e. The Labute approximate surface area is 203 Å². The van der Waals surface area contributed by atoms with Crippen molar-refractivity contribution < 1.29 is 0 Å². The van der Waals surface area contributed by atoms with Gasteiger partial charge in [-0.3, -0.25) is 0 Å². The second-order valence-corrected chi connectivity index (χ2v) is 18.0. The van der Waals surface area contributed by atoms with Gasteiger partial charge in [0.05, 0.1) is 0 Å². The smallest absolute Gasteiger partial charge is 0.0251 e. The van der Waals surface area contributed by atoms with Gasteiger partial charge in [-0.2, -0.15) is 0 Å². The van der Waals surface area contributed by atoms with Crippen LogP contribution in [0.5, 0.6) is 0 Å². The molecule has 0 heteroatoms. The van der Waals surface area contributed by atoms with Crippen LogP contribution in [0.15, 0.2) is 0 Å². The lowest BCUT2D eigenvalue weighted by molar-refractivity contribution is -0.270. The highest BCUT2D eigenvalue weighted by Crippen LogP contribution is 2.81. The number of hydrogen-bond donors (Lipinski definition) is 0. The van der Waals surface area contributed by atoms with Gasteiger partial charge in [0, 0.05) is 0 Å². The highest BCUT2D eigenvalue weighted by atomic mass is 14.8. The first-order valence-corrected chi connectivity index (χ1v) is 15.7. The summed E-state index contributed by atoms with van der Waals surface area (Å²) in [6.07, 6.45) is 26.2. The van der Waals surface area contributed by atoms with E-state index in [1.54, 1.807) is 103 Å². The van der Waals surface area contributed by atoms with Gasteiger partial charge in [-0.25, -0.2) is 0 Å². The quantitative estimate of drug-likeness (QED) is 0.397. The predicted molar refractivity (Wildman–Crippen MR) is 134 cm³/mol. The summed E-state index contributed by atoms with van der Waals surface area (Å²) in [6, 6.07) is 0. The van der Waals surface area contributed by atoms with Crippen LogP contribution in [0.3, 0.4) is 0 Å². The van der Waals surface area contributed by atoms with Crippen molar-refractivity contribution in [3.8, 4) is 0 Å². The van der Waals surface area contributed by atoms with Gasteiger partial charge >= 0.3 is 0 Å². The third kappa shape index (κ3) is 2.42. The summed E-state index contributed by atoms with van der Waals surface area (Å²) in [7, 11) is 0. The Bertz CT molecular complexity index is 870. The van der Waals surface area contributed by atoms with E-state index in [1.807, 2.05) is 0 Å². The first-order chi connectivity index (χ1) is 15.7. The molecule has 0 radical (unpaired) electrons. The molecule has 0 aromatic carbocycles.